The van der Waals surface area contributed by atoms with Crippen molar-refractivity contribution in [2.45, 2.75) is 33.2 Å². The van der Waals surface area contributed by atoms with Crippen molar-refractivity contribution in [3.8, 4) is 0 Å². The molecule has 0 aliphatic carbocycles. The fourth-order valence-electron chi connectivity index (χ4n) is 2.29. The summed E-state index contributed by atoms with van der Waals surface area (Å²) in [6, 6.07) is 0.719. The van der Waals surface area contributed by atoms with Gasteiger partial charge in [-0.3, -0.25) is 0 Å². The standard InChI is InChI=1S/C11H24N2/c1-5-12-11-6-10(9(2)3)7-13(4)8-11/h9-12H,5-8H2,1-4H3. The van der Waals surface area contributed by atoms with Gasteiger partial charge in [0.15, 0.2) is 0 Å². The van der Waals surface area contributed by atoms with E-state index >= 15 is 0 Å². The molecule has 2 atom stereocenters. The van der Waals surface area contributed by atoms with Crippen LogP contribution in [0.1, 0.15) is 27.2 Å². The highest BCUT2D eigenvalue weighted by molar-refractivity contribution is 4.82. The van der Waals surface area contributed by atoms with Crippen LogP contribution < -0.4 is 5.32 Å². The molecular weight excluding hydrogens is 160 g/mol. The Morgan fingerprint density at radius 2 is 2.08 bits per heavy atom. The van der Waals surface area contributed by atoms with Crippen LogP contribution in [0, 0.1) is 11.8 Å². The van der Waals surface area contributed by atoms with E-state index in [1.165, 1.54) is 19.5 Å². The van der Waals surface area contributed by atoms with Crippen LogP contribution in [0.15, 0.2) is 0 Å². The third-order valence-electron chi connectivity index (χ3n) is 3.10. The first-order chi connectivity index (χ1) is 6.13. The maximum Gasteiger partial charge on any atom is 0.0197 e. The van der Waals surface area contributed by atoms with Crippen LogP contribution in [0.4, 0.5) is 0 Å². The molecule has 1 rings (SSSR count). The Labute approximate surface area is 82.7 Å². The minimum Gasteiger partial charge on any atom is -0.313 e. The molecule has 2 heteroatoms. The van der Waals surface area contributed by atoms with Crippen LogP contribution in [0.2, 0.25) is 0 Å². The topological polar surface area (TPSA) is 15.3 Å². The molecule has 0 spiro atoms. The summed E-state index contributed by atoms with van der Waals surface area (Å²) in [6.07, 6.45) is 1.36. The number of likely N-dealkylation sites (tertiary alicyclic amines) is 1. The normalized spacial score (nSPS) is 31.2. The highest BCUT2D eigenvalue weighted by Gasteiger charge is 2.26. The lowest BCUT2D eigenvalue weighted by Crippen LogP contribution is -2.48. The van der Waals surface area contributed by atoms with Gasteiger partial charge < -0.3 is 10.2 Å². The Balaban J connectivity index is 2.42. The van der Waals surface area contributed by atoms with E-state index in [1.54, 1.807) is 0 Å². The van der Waals surface area contributed by atoms with Gasteiger partial charge in [-0.2, -0.15) is 0 Å². The molecule has 1 aliphatic rings. The van der Waals surface area contributed by atoms with E-state index in [0.717, 1.165) is 24.4 Å². The lowest BCUT2D eigenvalue weighted by Gasteiger charge is -2.37. The smallest absolute Gasteiger partial charge is 0.0197 e. The fourth-order valence-corrected chi connectivity index (χ4v) is 2.29. The van der Waals surface area contributed by atoms with Gasteiger partial charge in [-0.1, -0.05) is 20.8 Å². The summed E-state index contributed by atoms with van der Waals surface area (Å²) >= 11 is 0. The molecule has 0 aromatic rings. The third kappa shape index (κ3) is 3.28. The van der Waals surface area contributed by atoms with Crippen molar-refractivity contribution in [1.82, 2.24) is 10.2 Å². The van der Waals surface area contributed by atoms with Crippen LogP contribution in [-0.4, -0.2) is 37.6 Å². The van der Waals surface area contributed by atoms with Crippen LogP contribution in [0.5, 0.6) is 0 Å². The summed E-state index contributed by atoms with van der Waals surface area (Å²) in [6.45, 7) is 10.5. The molecule has 78 valence electrons. The zero-order valence-electron chi connectivity index (χ0n) is 9.51. The number of nitrogens with zero attached hydrogens (tertiary/aromatic N) is 1. The summed E-state index contributed by atoms with van der Waals surface area (Å²) in [4.78, 5) is 2.46. The molecule has 0 aromatic heterocycles. The first-order valence-corrected chi connectivity index (χ1v) is 5.55. The summed E-state index contributed by atoms with van der Waals surface area (Å²) < 4.78 is 0. The highest BCUT2D eigenvalue weighted by atomic mass is 15.1. The van der Waals surface area contributed by atoms with Gasteiger partial charge in [0.05, 0.1) is 0 Å². The molecule has 0 amide bonds. The second-order valence-corrected chi connectivity index (χ2v) is 4.72. The van der Waals surface area contributed by atoms with Crippen LogP contribution in [-0.2, 0) is 0 Å². The lowest BCUT2D eigenvalue weighted by molar-refractivity contribution is 0.140. The van der Waals surface area contributed by atoms with Gasteiger partial charge in [-0.15, -0.1) is 0 Å². The number of hydrogen-bond acceptors (Lipinski definition) is 2. The van der Waals surface area contributed by atoms with Gasteiger partial charge in [0.25, 0.3) is 0 Å². The van der Waals surface area contributed by atoms with E-state index in [2.05, 4.69) is 38.0 Å². The molecule has 1 N–H and O–H groups in total. The number of rotatable bonds is 3. The summed E-state index contributed by atoms with van der Waals surface area (Å²) in [5.41, 5.74) is 0. The third-order valence-corrected chi connectivity index (χ3v) is 3.10. The van der Waals surface area contributed by atoms with E-state index in [-0.39, 0.29) is 0 Å². The molecule has 1 saturated heterocycles. The molecule has 1 heterocycles. The van der Waals surface area contributed by atoms with Gasteiger partial charge in [0, 0.05) is 19.1 Å². The number of hydrogen-bond donors (Lipinski definition) is 1. The Hall–Kier alpha value is -0.0800. The van der Waals surface area contributed by atoms with Gasteiger partial charge >= 0.3 is 0 Å². The Bertz CT molecular complexity index is 145. The molecule has 2 unspecified atom stereocenters. The summed E-state index contributed by atoms with van der Waals surface area (Å²) in [7, 11) is 2.24. The van der Waals surface area contributed by atoms with E-state index in [0.29, 0.717) is 0 Å². The van der Waals surface area contributed by atoms with Crippen molar-refractivity contribution in [3.63, 3.8) is 0 Å². The molecular formula is C11H24N2. The average Bonchev–Trinajstić information content (AvgIpc) is 2.03. The molecule has 13 heavy (non-hydrogen) atoms. The number of likely N-dealkylation sites (N-methyl/N-ethyl adjacent to an activating group) is 2. The van der Waals surface area contributed by atoms with Gasteiger partial charge in [0.2, 0.25) is 0 Å². The molecule has 0 aromatic carbocycles. The number of nitrogens with one attached hydrogen (secondary N) is 1. The van der Waals surface area contributed by atoms with Crippen molar-refractivity contribution in [1.29, 1.82) is 0 Å². The maximum atomic E-state index is 3.56. The minimum atomic E-state index is 0.719. The molecule has 0 radical (unpaired) electrons. The summed E-state index contributed by atoms with van der Waals surface area (Å²) in [5, 5.41) is 3.56. The predicted molar refractivity (Wildman–Crippen MR) is 57.9 cm³/mol. The number of piperidine rings is 1. The molecule has 2 nitrogen and oxygen atoms in total. The molecule has 0 bridgehead atoms. The van der Waals surface area contributed by atoms with Gasteiger partial charge in [-0.05, 0) is 31.8 Å². The monoisotopic (exact) mass is 184 g/mol. The van der Waals surface area contributed by atoms with E-state index in [4.69, 9.17) is 0 Å². The highest BCUT2D eigenvalue weighted by Crippen LogP contribution is 2.22. The zero-order chi connectivity index (χ0) is 9.84. The van der Waals surface area contributed by atoms with Crippen LogP contribution >= 0.6 is 0 Å². The predicted octanol–water partition coefficient (Wildman–Crippen LogP) is 1.57. The molecule has 1 aliphatic heterocycles. The van der Waals surface area contributed by atoms with Gasteiger partial charge in [-0.25, -0.2) is 0 Å². The molecule has 0 saturated carbocycles. The van der Waals surface area contributed by atoms with Crippen LogP contribution in [0.3, 0.4) is 0 Å². The summed E-state index contributed by atoms with van der Waals surface area (Å²) in [5.74, 6) is 1.70. The first-order valence-electron chi connectivity index (χ1n) is 5.55. The maximum absolute atomic E-state index is 3.56. The second-order valence-electron chi connectivity index (χ2n) is 4.72. The minimum absolute atomic E-state index is 0.719. The van der Waals surface area contributed by atoms with Crippen molar-refractivity contribution >= 4 is 0 Å². The van der Waals surface area contributed by atoms with E-state index in [1.807, 2.05) is 0 Å². The second kappa shape index (κ2) is 4.97. The van der Waals surface area contributed by atoms with E-state index in [9.17, 15) is 0 Å². The Morgan fingerprint density at radius 1 is 1.38 bits per heavy atom. The lowest BCUT2D eigenvalue weighted by atomic mass is 9.86. The zero-order valence-corrected chi connectivity index (χ0v) is 9.51. The molecule has 1 fully saturated rings. The van der Waals surface area contributed by atoms with Crippen molar-refractivity contribution in [2.75, 3.05) is 26.7 Å². The largest absolute Gasteiger partial charge is 0.313 e. The SMILES string of the molecule is CCNC1CC(C(C)C)CN(C)C1. The van der Waals surface area contributed by atoms with Gasteiger partial charge in [0.1, 0.15) is 0 Å². The Morgan fingerprint density at radius 3 is 2.62 bits per heavy atom. The average molecular weight is 184 g/mol. The Kier molecular flexibility index (Phi) is 4.20. The van der Waals surface area contributed by atoms with E-state index < -0.39 is 0 Å². The first kappa shape index (κ1) is 11.0. The van der Waals surface area contributed by atoms with Crippen molar-refractivity contribution in [3.05, 3.63) is 0 Å². The van der Waals surface area contributed by atoms with Crippen molar-refractivity contribution in [2.24, 2.45) is 11.8 Å². The van der Waals surface area contributed by atoms with Crippen molar-refractivity contribution < 1.29 is 0 Å². The fraction of sp³-hybridized carbons (Fsp3) is 1.00. The van der Waals surface area contributed by atoms with Crippen LogP contribution in [0.25, 0.3) is 0 Å². The quantitative estimate of drug-likeness (QED) is 0.716.